The molecule has 3 rings (SSSR count). The van der Waals surface area contributed by atoms with Crippen molar-refractivity contribution in [1.82, 2.24) is 14.9 Å². The van der Waals surface area contributed by atoms with Gasteiger partial charge in [0.2, 0.25) is 0 Å². The van der Waals surface area contributed by atoms with Gasteiger partial charge in [0.1, 0.15) is 11.6 Å². The van der Waals surface area contributed by atoms with Gasteiger partial charge in [-0.1, -0.05) is 24.3 Å². The molecule has 22 heavy (non-hydrogen) atoms. The molecule has 0 radical (unpaired) electrons. The minimum absolute atomic E-state index is 0.139. The van der Waals surface area contributed by atoms with Gasteiger partial charge in [-0.15, -0.1) is 0 Å². The summed E-state index contributed by atoms with van der Waals surface area (Å²) in [5.74, 6) is 0.353. The first-order chi connectivity index (χ1) is 10.6. The Kier molecular flexibility index (Phi) is 3.98. The van der Waals surface area contributed by atoms with Crippen molar-refractivity contribution >= 4 is 10.9 Å². The zero-order chi connectivity index (χ0) is 15.5. The maximum Gasteiger partial charge on any atom is 0.258 e. The molecule has 0 aliphatic rings. The minimum atomic E-state index is -0.247. The van der Waals surface area contributed by atoms with E-state index in [1.165, 1.54) is 12.1 Å². The van der Waals surface area contributed by atoms with E-state index in [0.717, 1.165) is 5.56 Å². The van der Waals surface area contributed by atoms with Gasteiger partial charge in [0.05, 0.1) is 17.4 Å². The Balaban J connectivity index is 1.79. The second-order valence-electron chi connectivity index (χ2n) is 5.33. The topological polar surface area (TPSA) is 49.0 Å². The number of hydrogen-bond donors (Lipinski definition) is 1. The van der Waals surface area contributed by atoms with Crippen LogP contribution in [-0.4, -0.2) is 21.9 Å². The number of halogens is 1. The molecular weight excluding hydrogens is 281 g/mol. The van der Waals surface area contributed by atoms with E-state index in [1.54, 1.807) is 12.1 Å². The average molecular weight is 297 g/mol. The van der Waals surface area contributed by atoms with Gasteiger partial charge >= 0.3 is 0 Å². The van der Waals surface area contributed by atoms with Gasteiger partial charge in [-0.05, 0) is 36.9 Å². The van der Waals surface area contributed by atoms with Crippen molar-refractivity contribution in [3.8, 4) is 0 Å². The Hall–Kier alpha value is -2.53. The molecule has 4 nitrogen and oxygen atoms in total. The molecule has 5 heteroatoms. The van der Waals surface area contributed by atoms with Crippen LogP contribution in [0.4, 0.5) is 4.39 Å². The molecule has 2 aromatic carbocycles. The molecule has 0 bridgehead atoms. The first-order valence-corrected chi connectivity index (χ1v) is 7.03. The highest BCUT2D eigenvalue weighted by atomic mass is 19.1. The minimum Gasteiger partial charge on any atom is -0.309 e. The van der Waals surface area contributed by atoms with E-state index < -0.39 is 0 Å². The molecule has 0 fully saturated rings. The monoisotopic (exact) mass is 297 g/mol. The summed E-state index contributed by atoms with van der Waals surface area (Å²) in [4.78, 5) is 21.3. The number of benzene rings is 2. The quantitative estimate of drug-likeness (QED) is 0.805. The van der Waals surface area contributed by atoms with Gasteiger partial charge in [0, 0.05) is 6.54 Å². The van der Waals surface area contributed by atoms with Gasteiger partial charge in [-0.2, -0.15) is 0 Å². The predicted octanol–water partition coefficient (Wildman–Crippen LogP) is 2.69. The van der Waals surface area contributed by atoms with Crippen LogP contribution in [-0.2, 0) is 13.1 Å². The summed E-state index contributed by atoms with van der Waals surface area (Å²) in [6.45, 7) is 1.06. The fraction of sp³-hybridized carbons (Fsp3) is 0.176. The average Bonchev–Trinajstić information content (AvgIpc) is 2.47. The summed E-state index contributed by atoms with van der Waals surface area (Å²) in [5, 5.41) is 0.582. The Morgan fingerprint density at radius 2 is 1.95 bits per heavy atom. The van der Waals surface area contributed by atoms with Crippen molar-refractivity contribution in [3.63, 3.8) is 0 Å². The van der Waals surface area contributed by atoms with Crippen molar-refractivity contribution < 1.29 is 4.39 Å². The lowest BCUT2D eigenvalue weighted by atomic mass is 10.2. The first-order valence-electron chi connectivity index (χ1n) is 7.03. The largest absolute Gasteiger partial charge is 0.309 e. The number of aromatic nitrogens is 2. The van der Waals surface area contributed by atoms with Crippen LogP contribution in [0.3, 0.4) is 0 Å². The molecule has 0 aliphatic heterocycles. The van der Waals surface area contributed by atoms with Crippen LogP contribution >= 0.6 is 0 Å². The molecular formula is C17H16FN3O. The van der Waals surface area contributed by atoms with Crippen LogP contribution in [0.2, 0.25) is 0 Å². The third kappa shape index (κ3) is 3.20. The molecule has 3 aromatic rings. The van der Waals surface area contributed by atoms with E-state index in [4.69, 9.17) is 0 Å². The summed E-state index contributed by atoms with van der Waals surface area (Å²) in [6, 6.07) is 13.7. The maximum atomic E-state index is 13.2. The highest BCUT2D eigenvalue weighted by Gasteiger charge is 2.07. The molecule has 1 N–H and O–H groups in total. The summed E-state index contributed by atoms with van der Waals surface area (Å²) in [7, 11) is 1.90. The van der Waals surface area contributed by atoms with Gasteiger partial charge < -0.3 is 4.98 Å². The third-order valence-corrected chi connectivity index (χ3v) is 3.42. The van der Waals surface area contributed by atoms with E-state index in [-0.39, 0.29) is 11.4 Å². The molecule has 0 saturated carbocycles. The lowest BCUT2D eigenvalue weighted by Gasteiger charge is -2.16. The lowest BCUT2D eigenvalue weighted by Crippen LogP contribution is -2.21. The number of nitrogens with one attached hydrogen (secondary N) is 1. The molecule has 0 atom stereocenters. The summed E-state index contributed by atoms with van der Waals surface area (Å²) in [5.41, 5.74) is 1.42. The molecule has 0 spiro atoms. The molecule has 0 unspecified atom stereocenters. The van der Waals surface area contributed by atoms with E-state index in [0.29, 0.717) is 29.8 Å². The predicted molar refractivity (Wildman–Crippen MR) is 83.9 cm³/mol. The smallest absolute Gasteiger partial charge is 0.258 e. The van der Waals surface area contributed by atoms with Crippen molar-refractivity contribution in [2.45, 2.75) is 13.1 Å². The van der Waals surface area contributed by atoms with Gasteiger partial charge in [-0.3, -0.25) is 9.69 Å². The van der Waals surface area contributed by atoms with Crippen molar-refractivity contribution in [2.75, 3.05) is 7.05 Å². The maximum absolute atomic E-state index is 13.2. The second kappa shape index (κ2) is 6.07. The summed E-state index contributed by atoms with van der Waals surface area (Å²) >= 11 is 0. The van der Waals surface area contributed by atoms with Crippen molar-refractivity contribution in [1.29, 1.82) is 0 Å². The number of rotatable bonds is 4. The molecule has 0 aliphatic carbocycles. The molecule has 0 amide bonds. The Bertz CT molecular complexity index is 860. The molecule has 1 aromatic heterocycles. The fourth-order valence-corrected chi connectivity index (χ4v) is 2.47. The van der Waals surface area contributed by atoms with Crippen LogP contribution in [0, 0.1) is 5.82 Å². The third-order valence-electron chi connectivity index (χ3n) is 3.42. The number of fused-ring (bicyclic) bond motifs is 1. The summed E-state index contributed by atoms with van der Waals surface area (Å²) in [6.07, 6.45) is 0. The number of hydrogen-bond acceptors (Lipinski definition) is 3. The van der Waals surface area contributed by atoms with Gasteiger partial charge in [0.25, 0.3) is 5.56 Å². The molecule has 1 heterocycles. The Morgan fingerprint density at radius 3 is 2.77 bits per heavy atom. The van der Waals surface area contributed by atoms with Crippen LogP contribution in [0.15, 0.2) is 53.3 Å². The van der Waals surface area contributed by atoms with E-state index in [1.807, 2.05) is 36.2 Å². The van der Waals surface area contributed by atoms with Crippen LogP contribution in [0.1, 0.15) is 11.4 Å². The number of para-hydroxylation sites is 1. The summed E-state index contributed by atoms with van der Waals surface area (Å²) < 4.78 is 13.2. The normalized spacial score (nSPS) is 11.2. The van der Waals surface area contributed by atoms with Crippen LogP contribution in [0.25, 0.3) is 10.9 Å². The van der Waals surface area contributed by atoms with Crippen molar-refractivity contribution in [2.24, 2.45) is 0 Å². The van der Waals surface area contributed by atoms with E-state index >= 15 is 0 Å². The van der Waals surface area contributed by atoms with Gasteiger partial charge in [-0.25, -0.2) is 9.37 Å². The Labute approximate surface area is 127 Å². The highest BCUT2D eigenvalue weighted by molar-refractivity contribution is 5.77. The second-order valence-corrected chi connectivity index (χ2v) is 5.33. The molecule has 112 valence electrons. The fourth-order valence-electron chi connectivity index (χ4n) is 2.47. The molecule has 0 saturated heterocycles. The van der Waals surface area contributed by atoms with Crippen LogP contribution < -0.4 is 5.56 Å². The zero-order valence-electron chi connectivity index (χ0n) is 12.2. The van der Waals surface area contributed by atoms with Gasteiger partial charge in [0.15, 0.2) is 0 Å². The standard InChI is InChI=1S/C17H16FN3O/c1-21(10-12-5-4-6-13(18)9-12)11-16-19-15-8-3-2-7-14(15)17(22)20-16/h2-9H,10-11H2,1H3,(H,19,20,22). The lowest BCUT2D eigenvalue weighted by molar-refractivity contribution is 0.310. The number of H-pyrrole nitrogens is 1. The van der Waals surface area contributed by atoms with Crippen LogP contribution in [0.5, 0.6) is 0 Å². The van der Waals surface area contributed by atoms with E-state index in [2.05, 4.69) is 9.97 Å². The van der Waals surface area contributed by atoms with E-state index in [9.17, 15) is 9.18 Å². The number of aromatic amines is 1. The van der Waals surface area contributed by atoms with Crippen molar-refractivity contribution in [3.05, 3.63) is 76.1 Å². The first kappa shape index (κ1) is 14.4. The highest BCUT2D eigenvalue weighted by Crippen LogP contribution is 2.09. The zero-order valence-corrected chi connectivity index (χ0v) is 12.2. The SMILES string of the molecule is CN(Cc1cccc(F)c1)Cc1nc2ccccc2c(=O)[nH]1. The Morgan fingerprint density at radius 1 is 1.14 bits per heavy atom. The number of nitrogens with zero attached hydrogens (tertiary/aromatic N) is 2.